The largest absolute Gasteiger partial charge is 0.293 e. The van der Waals surface area contributed by atoms with Gasteiger partial charge in [-0.25, -0.2) is 4.39 Å². The first-order valence-corrected chi connectivity index (χ1v) is 6.36. The first-order chi connectivity index (χ1) is 9.65. The van der Waals surface area contributed by atoms with Crippen molar-refractivity contribution in [2.75, 3.05) is 0 Å². The number of rotatable bonds is 3. The zero-order valence-electron chi connectivity index (χ0n) is 11.0. The van der Waals surface area contributed by atoms with E-state index in [2.05, 4.69) is 5.10 Å². The summed E-state index contributed by atoms with van der Waals surface area (Å²) in [5.41, 5.74) is 2.15. The topological polar surface area (TPSA) is 34.9 Å². The molecule has 0 N–H and O–H groups in total. The molecule has 0 saturated heterocycles. The molecule has 0 amide bonds. The number of halogens is 1. The maximum Gasteiger partial charge on any atom is 0.180 e. The Balaban J connectivity index is 2.10. The predicted octanol–water partition coefficient (Wildman–Crippen LogP) is 3.43. The van der Waals surface area contributed by atoms with Gasteiger partial charge >= 0.3 is 0 Å². The van der Waals surface area contributed by atoms with Gasteiger partial charge in [0, 0.05) is 12.3 Å². The fraction of sp³-hybridized carbons (Fsp3) is 0.125. The second-order valence-electron chi connectivity index (χ2n) is 4.71. The van der Waals surface area contributed by atoms with E-state index in [1.165, 1.54) is 19.1 Å². The molecule has 1 aromatic heterocycles. The Morgan fingerprint density at radius 2 is 2.00 bits per heavy atom. The molecule has 0 aliphatic carbocycles. The van der Waals surface area contributed by atoms with Crippen molar-refractivity contribution in [1.82, 2.24) is 9.78 Å². The summed E-state index contributed by atoms with van der Waals surface area (Å²) >= 11 is 0. The fourth-order valence-corrected chi connectivity index (χ4v) is 2.32. The van der Waals surface area contributed by atoms with E-state index in [1.54, 1.807) is 10.7 Å². The van der Waals surface area contributed by atoms with Crippen molar-refractivity contribution in [1.29, 1.82) is 0 Å². The molecule has 3 nitrogen and oxygen atoms in total. The lowest BCUT2D eigenvalue weighted by atomic mass is 10.1. The van der Waals surface area contributed by atoms with Crippen LogP contribution in [0.2, 0.25) is 0 Å². The summed E-state index contributed by atoms with van der Waals surface area (Å²) in [6.07, 6.45) is 0. The van der Waals surface area contributed by atoms with E-state index in [1.807, 2.05) is 30.3 Å². The van der Waals surface area contributed by atoms with Gasteiger partial charge in [-0.2, -0.15) is 5.10 Å². The number of para-hydroxylation sites is 1. The molecule has 0 atom stereocenters. The van der Waals surface area contributed by atoms with Crippen LogP contribution in [0.3, 0.4) is 0 Å². The lowest BCUT2D eigenvalue weighted by Crippen LogP contribution is -2.03. The Morgan fingerprint density at radius 3 is 2.75 bits per heavy atom. The first-order valence-electron chi connectivity index (χ1n) is 6.36. The number of hydrogen-bond acceptors (Lipinski definition) is 2. The van der Waals surface area contributed by atoms with Crippen LogP contribution in [0.4, 0.5) is 4.39 Å². The first kappa shape index (κ1) is 12.5. The van der Waals surface area contributed by atoms with Crippen LogP contribution in [0.5, 0.6) is 0 Å². The molecule has 0 bridgehead atoms. The third-order valence-corrected chi connectivity index (χ3v) is 3.21. The van der Waals surface area contributed by atoms with Gasteiger partial charge in [0.2, 0.25) is 0 Å². The Morgan fingerprint density at radius 1 is 1.20 bits per heavy atom. The van der Waals surface area contributed by atoms with E-state index in [-0.39, 0.29) is 11.6 Å². The van der Waals surface area contributed by atoms with Gasteiger partial charge in [-0.1, -0.05) is 30.3 Å². The maximum atomic E-state index is 13.2. The zero-order chi connectivity index (χ0) is 14.1. The summed E-state index contributed by atoms with van der Waals surface area (Å²) in [7, 11) is 0. The van der Waals surface area contributed by atoms with Crippen LogP contribution in [0.1, 0.15) is 23.0 Å². The van der Waals surface area contributed by atoms with Crippen molar-refractivity contribution in [2.45, 2.75) is 13.5 Å². The Bertz CT molecular complexity index is 792. The van der Waals surface area contributed by atoms with E-state index in [9.17, 15) is 9.18 Å². The summed E-state index contributed by atoms with van der Waals surface area (Å²) in [6, 6.07) is 14.0. The van der Waals surface area contributed by atoms with Gasteiger partial charge in [-0.05, 0) is 23.8 Å². The standard InChI is InChI=1S/C16H13FN2O/c1-11(20)16-14-7-2-3-8-15(14)19(18-16)10-12-5-4-6-13(17)9-12/h2-9H,10H2,1H3. The number of carbonyl (C=O) groups excluding carboxylic acids is 1. The number of aromatic nitrogens is 2. The minimum Gasteiger partial charge on any atom is -0.293 e. The van der Waals surface area contributed by atoms with Crippen LogP contribution < -0.4 is 0 Å². The van der Waals surface area contributed by atoms with Crippen molar-refractivity contribution >= 4 is 16.7 Å². The van der Waals surface area contributed by atoms with Crippen LogP contribution in [0.25, 0.3) is 10.9 Å². The van der Waals surface area contributed by atoms with Crippen molar-refractivity contribution in [3.63, 3.8) is 0 Å². The Labute approximate surface area is 115 Å². The van der Waals surface area contributed by atoms with E-state index >= 15 is 0 Å². The monoisotopic (exact) mass is 268 g/mol. The predicted molar refractivity (Wildman–Crippen MR) is 75.2 cm³/mol. The number of fused-ring (bicyclic) bond motifs is 1. The summed E-state index contributed by atoms with van der Waals surface area (Å²) in [4.78, 5) is 11.6. The lowest BCUT2D eigenvalue weighted by molar-refractivity contribution is 0.101. The van der Waals surface area contributed by atoms with Gasteiger partial charge in [0.1, 0.15) is 11.5 Å². The number of nitrogens with zero attached hydrogens (tertiary/aromatic N) is 2. The van der Waals surface area contributed by atoms with Crippen LogP contribution in [0, 0.1) is 5.82 Å². The second-order valence-corrected chi connectivity index (χ2v) is 4.71. The van der Waals surface area contributed by atoms with Crippen LogP contribution in [0.15, 0.2) is 48.5 Å². The second kappa shape index (κ2) is 4.89. The molecule has 0 fully saturated rings. The zero-order valence-corrected chi connectivity index (χ0v) is 11.0. The van der Waals surface area contributed by atoms with Crippen molar-refractivity contribution in [3.05, 3.63) is 65.6 Å². The highest BCUT2D eigenvalue weighted by Crippen LogP contribution is 2.20. The highest BCUT2D eigenvalue weighted by molar-refractivity contribution is 6.04. The van der Waals surface area contributed by atoms with Crippen LogP contribution in [-0.2, 0) is 6.54 Å². The molecular weight excluding hydrogens is 255 g/mol. The smallest absolute Gasteiger partial charge is 0.180 e. The van der Waals surface area contributed by atoms with Crippen molar-refractivity contribution < 1.29 is 9.18 Å². The molecule has 4 heteroatoms. The maximum absolute atomic E-state index is 13.2. The molecule has 20 heavy (non-hydrogen) atoms. The molecule has 0 saturated carbocycles. The fourth-order valence-electron chi connectivity index (χ4n) is 2.32. The molecule has 0 radical (unpaired) electrons. The third kappa shape index (κ3) is 2.20. The molecular formula is C16H13FN2O. The quantitative estimate of drug-likeness (QED) is 0.682. The summed E-state index contributed by atoms with van der Waals surface area (Å²) in [5.74, 6) is -0.343. The number of carbonyl (C=O) groups is 1. The van der Waals surface area contributed by atoms with Gasteiger partial charge in [-0.3, -0.25) is 9.48 Å². The van der Waals surface area contributed by atoms with Gasteiger partial charge in [0.05, 0.1) is 12.1 Å². The molecule has 100 valence electrons. The number of Topliss-reactive ketones (excluding diaryl/α,β-unsaturated/α-hetero) is 1. The lowest BCUT2D eigenvalue weighted by Gasteiger charge is -2.03. The third-order valence-electron chi connectivity index (χ3n) is 3.21. The Kier molecular flexibility index (Phi) is 3.06. The molecule has 1 heterocycles. The van der Waals surface area contributed by atoms with Crippen molar-refractivity contribution in [2.24, 2.45) is 0 Å². The van der Waals surface area contributed by atoms with E-state index in [0.717, 1.165) is 16.5 Å². The molecule has 0 aliphatic rings. The van der Waals surface area contributed by atoms with Gasteiger partial charge in [-0.15, -0.1) is 0 Å². The number of ketones is 1. The SMILES string of the molecule is CC(=O)c1nn(Cc2cccc(F)c2)c2ccccc12. The summed E-state index contributed by atoms with van der Waals surface area (Å²) < 4.78 is 15.0. The highest BCUT2D eigenvalue weighted by atomic mass is 19.1. The average Bonchev–Trinajstić information content (AvgIpc) is 2.78. The molecule has 0 spiro atoms. The van der Waals surface area contributed by atoms with E-state index in [4.69, 9.17) is 0 Å². The molecule has 3 rings (SSSR count). The van der Waals surface area contributed by atoms with E-state index in [0.29, 0.717) is 12.2 Å². The molecule has 2 aromatic carbocycles. The van der Waals surface area contributed by atoms with Gasteiger partial charge in [0.25, 0.3) is 0 Å². The normalized spacial score (nSPS) is 10.9. The summed E-state index contributed by atoms with van der Waals surface area (Å²) in [6.45, 7) is 1.94. The van der Waals surface area contributed by atoms with Crippen LogP contribution in [-0.4, -0.2) is 15.6 Å². The minimum absolute atomic E-state index is 0.0702. The summed E-state index contributed by atoms with van der Waals surface area (Å²) in [5, 5.41) is 5.19. The number of benzene rings is 2. The van der Waals surface area contributed by atoms with Gasteiger partial charge < -0.3 is 0 Å². The van der Waals surface area contributed by atoms with Gasteiger partial charge in [0.15, 0.2) is 5.78 Å². The highest BCUT2D eigenvalue weighted by Gasteiger charge is 2.13. The van der Waals surface area contributed by atoms with Crippen molar-refractivity contribution in [3.8, 4) is 0 Å². The average molecular weight is 268 g/mol. The molecule has 0 aliphatic heterocycles. The molecule has 0 unspecified atom stereocenters. The van der Waals surface area contributed by atoms with E-state index < -0.39 is 0 Å². The Hall–Kier alpha value is -2.49. The minimum atomic E-state index is -0.272. The van der Waals surface area contributed by atoms with Crippen LogP contribution >= 0.6 is 0 Å². The number of hydrogen-bond donors (Lipinski definition) is 0. The molecule has 3 aromatic rings.